The van der Waals surface area contributed by atoms with Crippen molar-refractivity contribution < 1.29 is 9.72 Å². The number of nitriles is 1. The molecule has 0 radical (unpaired) electrons. The standard InChI is InChI=1S/C17H13BrN4O3/c1-11-7-13(5-6-16(11)18)20-10-12(9-19)17(23)21-14-3-2-4-15(8-14)22(24)25/h2-8,10,20H,1H3,(H,21,23)/b12-10-. The number of halogens is 1. The number of nitro groups is 1. The number of amides is 1. The lowest BCUT2D eigenvalue weighted by atomic mass is 10.2. The molecule has 0 aromatic heterocycles. The number of hydrogen-bond acceptors (Lipinski definition) is 5. The molecule has 0 aliphatic carbocycles. The van der Waals surface area contributed by atoms with E-state index in [9.17, 15) is 14.9 Å². The summed E-state index contributed by atoms with van der Waals surface area (Å²) in [4.78, 5) is 22.3. The van der Waals surface area contributed by atoms with Gasteiger partial charge in [0.25, 0.3) is 11.6 Å². The smallest absolute Gasteiger partial charge is 0.271 e. The molecule has 0 aliphatic heterocycles. The van der Waals surface area contributed by atoms with Crippen LogP contribution in [0, 0.1) is 28.4 Å². The van der Waals surface area contributed by atoms with Gasteiger partial charge >= 0.3 is 0 Å². The maximum absolute atomic E-state index is 12.1. The van der Waals surface area contributed by atoms with Gasteiger partial charge in [-0.25, -0.2) is 0 Å². The van der Waals surface area contributed by atoms with Crippen molar-refractivity contribution in [3.8, 4) is 6.07 Å². The quantitative estimate of drug-likeness (QED) is 0.339. The summed E-state index contributed by atoms with van der Waals surface area (Å²) in [6, 6.07) is 12.8. The Hall–Kier alpha value is -3.18. The molecular weight excluding hydrogens is 388 g/mol. The van der Waals surface area contributed by atoms with Gasteiger partial charge in [-0.2, -0.15) is 5.26 Å². The molecule has 0 bridgehead atoms. The highest BCUT2D eigenvalue weighted by Crippen LogP contribution is 2.20. The molecule has 25 heavy (non-hydrogen) atoms. The Labute approximate surface area is 152 Å². The number of nitrogens with one attached hydrogen (secondary N) is 2. The molecule has 0 fully saturated rings. The SMILES string of the molecule is Cc1cc(N/C=C(/C#N)C(=O)Nc2cccc([N+](=O)[O-])c2)ccc1Br. The van der Waals surface area contributed by atoms with Gasteiger partial charge < -0.3 is 10.6 Å². The van der Waals surface area contributed by atoms with Gasteiger partial charge in [0, 0.05) is 34.2 Å². The molecule has 1 amide bonds. The summed E-state index contributed by atoms with van der Waals surface area (Å²) in [6.45, 7) is 1.92. The first-order valence-electron chi connectivity index (χ1n) is 7.09. The minimum absolute atomic E-state index is 0.149. The molecule has 0 saturated heterocycles. The molecule has 0 aliphatic rings. The van der Waals surface area contributed by atoms with E-state index in [4.69, 9.17) is 5.26 Å². The molecule has 7 nitrogen and oxygen atoms in total. The van der Waals surface area contributed by atoms with E-state index in [1.807, 2.05) is 19.1 Å². The molecule has 2 aromatic carbocycles. The highest BCUT2D eigenvalue weighted by molar-refractivity contribution is 9.10. The van der Waals surface area contributed by atoms with E-state index >= 15 is 0 Å². The third-order valence-corrected chi connectivity index (χ3v) is 4.11. The summed E-state index contributed by atoms with van der Waals surface area (Å²) in [5, 5.41) is 25.3. The van der Waals surface area contributed by atoms with E-state index in [0.29, 0.717) is 0 Å². The summed E-state index contributed by atoms with van der Waals surface area (Å²) in [7, 11) is 0. The van der Waals surface area contributed by atoms with Gasteiger partial charge in [-0.3, -0.25) is 14.9 Å². The first-order chi connectivity index (χ1) is 11.9. The van der Waals surface area contributed by atoms with Crippen LogP contribution in [0.5, 0.6) is 0 Å². The van der Waals surface area contributed by atoms with Crippen molar-refractivity contribution in [3.05, 3.63) is 74.4 Å². The van der Waals surface area contributed by atoms with E-state index in [1.165, 1.54) is 30.5 Å². The molecule has 0 atom stereocenters. The monoisotopic (exact) mass is 400 g/mol. The number of nitro benzene ring substituents is 1. The number of non-ortho nitro benzene ring substituents is 1. The summed E-state index contributed by atoms with van der Waals surface area (Å²) in [5.74, 6) is -0.663. The van der Waals surface area contributed by atoms with E-state index in [-0.39, 0.29) is 16.9 Å². The van der Waals surface area contributed by atoms with E-state index in [1.54, 1.807) is 12.1 Å². The Morgan fingerprint density at radius 3 is 2.68 bits per heavy atom. The highest BCUT2D eigenvalue weighted by atomic mass is 79.9. The topological polar surface area (TPSA) is 108 Å². The largest absolute Gasteiger partial charge is 0.360 e. The van der Waals surface area contributed by atoms with Crippen molar-refractivity contribution in [3.63, 3.8) is 0 Å². The fourth-order valence-electron chi connectivity index (χ4n) is 1.93. The average Bonchev–Trinajstić information content (AvgIpc) is 2.58. The molecule has 0 heterocycles. The van der Waals surface area contributed by atoms with Crippen LogP contribution in [-0.2, 0) is 4.79 Å². The second-order valence-electron chi connectivity index (χ2n) is 5.04. The van der Waals surface area contributed by atoms with Crippen LogP contribution in [0.3, 0.4) is 0 Å². The van der Waals surface area contributed by atoms with Crippen molar-refractivity contribution >= 4 is 38.9 Å². The van der Waals surface area contributed by atoms with Gasteiger partial charge in [0.1, 0.15) is 11.6 Å². The Morgan fingerprint density at radius 2 is 2.04 bits per heavy atom. The zero-order valence-electron chi connectivity index (χ0n) is 13.1. The lowest BCUT2D eigenvalue weighted by Crippen LogP contribution is -2.14. The molecule has 2 aromatic rings. The predicted octanol–water partition coefficient (Wildman–Crippen LogP) is 4.12. The fourth-order valence-corrected chi connectivity index (χ4v) is 2.18. The number of nitrogens with zero attached hydrogens (tertiary/aromatic N) is 2. The maximum Gasteiger partial charge on any atom is 0.271 e. The second-order valence-corrected chi connectivity index (χ2v) is 5.89. The third kappa shape index (κ3) is 4.89. The molecule has 0 unspecified atom stereocenters. The fraction of sp³-hybridized carbons (Fsp3) is 0.0588. The second kappa shape index (κ2) is 8.08. The first-order valence-corrected chi connectivity index (χ1v) is 7.89. The average molecular weight is 401 g/mol. The van der Waals surface area contributed by atoms with Gasteiger partial charge in [-0.1, -0.05) is 22.0 Å². The van der Waals surface area contributed by atoms with Crippen molar-refractivity contribution in [2.45, 2.75) is 6.92 Å². The lowest BCUT2D eigenvalue weighted by Gasteiger charge is -2.06. The van der Waals surface area contributed by atoms with Crippen LogP contribution in [0.25, 0.3) is 0 Å². The van der Waals surface area contributed by atoms with Crippen molar-refractivity contribution in [1.82, 2.24) is 0 Å². The molecule has 126 valence electrons. The Bertz CT molecular complexity index is 903. The van der Waals surface area contributed by atoms with Crippen LogP contribution in [-0.4, -0.2) is 10.8 Å². The number of hydrogen-bond donors (Lipinski definition) is 2. The number of carbonyl (C=O) groups is 1. The maximum atomic E-state index is 12.1. The van der Waals surface area contributed by atoms with Crippen LogP contribution >= 0.6 is 15.9 Å². The van der Waals surface area contributed by atoms with Gasteiger partial charge in [0.05, 0.1) is 4.92 Å². The van der Waals surface area contributed by atoms with Crippen LogP contribution in [0.2, 0.25) is 0 Å². The van der Waals surface area contributed by atoms with E-state index in [2.05, 4.69) is 26.6 Å². The van der Waals surface area contributed by atoms with Crippen molar-refractivity contribution in [1.29, 1.82) is 5.26 Å². The number of carbonyl (C=O) groups excluding carboxylic acids is 1. The minimum atomic E-state index is -0.663. The normalized spacial score (nSPS) is 10.7. The van der Waals surface area contributed by atoms with Gasteiger partial charge in [0.2, 0.25) is 0 Å². The molecular formula is C17H13BrN4O3. The summed E-state index contributed by atoms with van der Waals surface area (Å²) >= 11 is 3.39. The van der Waals surface area contributed by atoms with Crippen LogP contribution in [0.1, 0.15) is 5.56 Å². The number of rotatable bonds is 5. The Morgan fingerprint density at radius 1 is 1.28 bits per heavy atom. The predicted molar refractivity (Wildman–Crippen MR) is 97.9 cm³/mol. The lowest BCUT2D eigenvalue weighted by molar-refractivity contribution is -0.384. The Kier molecular flexibility index (Phi) is 5.87. The third-order valence-electron chi connectivity index (χ3n) is 3.22. The number of benzene rings is 2. The number of anilines is 2. The molecule has 0 saturated carbocycles. The molecule has 0 spiro atoms. The Balaban J connectivity index is 2.12. The van der Waals surface area contributed by atoms with Crippen molar-refractivity contribution in [2.24, 2.45) is 0 Å². The molecule has 2 N–H and O–H groups in total. The van der Waals surface area contributed by atoms with E-state index in [0.717, 1.165) is 15.7 Å². The van der Waals surface area contributed by atoms with Gasteiger partial charge in [-0.15, -0.1) is 0 Å². The van der Waals surface area contributed by atoms with Crippen LogP contribution < -0.4 is 10.6 Å². The van der Waals surface area contributed by atoms with Crippen LogP contribution in [0.15, 0.2) is 58.7 Å². The minimum Gasteiger partial charge on any atom is -0.360 e. The summed E-state index contributed by atoms with van der Waals surface area (Å²) < 4.78 is 0.950. The molecule has 8 heteroatoms. The summed E-state index contributed by atoms with van der Waals surface area (Å²) in [6.07, 6.45) is 1.29. The zero-order chi connectivity index (χ0) is 18.4. The van der Waals surface area contributed by atoms with Gasteiger partial charge in [0.15, 0.2) is 0 Å². The highest BCUT2D eigenvalue weighted by Gasteiger charge is 2.12. The van der Waals surface area contributed by atoms with Crippen LogP contribution in [0.4, 0.5) is 17.1 Å². The molecule has 2 rings (SSSR count). The summed E-state index contributed by atoms with van der Waals surface area (Å²) in [5.41, 5.74) is 1.64. The van der Waals surface area contributed by atoms with E-state index < -0.39 is 10.8 Å². The first kappa shape index (κ1) is 18.2. The zero-order valence-corrected chi connectivity index (χ0v) is 14.7. The van der Waals surface area contributed by atoms with Crippen molar-refractivity contribution in [2.75, 3.05) is 10.6 Å². The van der Waals surface area contributed by atoms with Gasteiger partial charge in [-0.05, 0) is 36.8 Å². The number of aryl methyl sites for hydroxylation is 1.